The minimum absolute atomic E-state index is 0.0938. The van der Waals surface area contributed by atoms with Gasteiger partial charge in [0.25, 0.3) is 17.7 Å². The maximum atomic E-state index is 13.5. The van der Waals surface area contributed by atoms with E-state index in [1.807, 2.05) is 0 Å². The monoisotopic (exact) mass is 458 g/mol. The summed E-state index contributed by atoms with van der Waals surface area (Å²) in [6, 6.07) is 10.6. The van der Waals surface area contributed by atoms with E-state index in [0.29, 0.717) is 27.8 Å². The highest BCUT2D eigenvalue weighted by Crippen LogP contribution is 2.31. The predicted octanol–water partition coefficient (Wildman–Crippen LogP) is 2.10. The zero-order valence-electron chi connectivity index (χ0n) is 17.0. The van der Waals surface area contributed by atoms with Crippen molar-refractivity contribution < 1.29 is 23.9 Å². The molecule has 10 heteroatoms. The molecule has 166 valence electrons. The molecule has 0 bridgehead atoms. The standard InChI is InChI=1S/C22H20ClFN4O4/c1-25-19(29)18-9-13-8-16(2-3-17(13)27-18)28-5-4-22(32,21(28)31)20(30)26-11-12-6-14(23)10-15(24)7-12/h2-3,6-10,27,32H,4-5,11H2,1H3,(H,25,29)(H,26,30)/t22-/m0/s1. The second-order valence-corrected chi connectivity index (χ2v) is 8.00. The number of anilines is 1. The molecule has 1 aromatic heterocycles. The summed E-state index contributed by atoms with van der Waals surface area (Å²) in [4.78, 5) is 41.7. The summed E-state index contributed by atoms with van der Waals surface area (Å²) >= 11 is 5.81. The van der Waals surface area contributed by atoms with Gasteiger partial charge in [0.05, 0.1) is 0 Å². The number of halogens is 2. The molecule has 2 aromatic carbocycles. The van der Waals surface area contributed by atoms with Gasteiger partial charge in [-0.05, 0) is 48.0 Å². The van der Waals surface area contributed by atoms with E-state index in [0.717, 1.165) is 6.07 Å². The van der Waals surface area contributed by atoms with Crippen molar-refractivity contribution in [1.29, 1.82) is 0 Å². The lowest BCUT2D eigenvalue weighted by atomic mass is 10.0. The van der Waals surface area contributed by atoms with Crippen LogP contribution in [0.25, 0.3) is 10.9 Å². The molecular weight excluding hydrogens is 439 g/mol. The van der Waals surface area contributed by atoms with E-state index in [9.17, 15) is 23.9 Å². The van der Waals surface area contributed by atoms with Gasteiger partial charge >= 0.3 is 0 Å². The highest BCUT2D eigenvalue weighted by atomic mass is 35.5. The third kappa shape index (κ3) is 3.92. The Morgan fingerprint density at radius 2 is 2.03 bits per heavy atom. The van der Waals surface area contributed by atoms with Gasteiger partial charge in [0.1, 0.15) is 11.5 Å². The van der Waals surface area contributed by atoms with Gasteiger partial charge < -0.3 is 25.6 Å². The molecule has 0 radical (unpaired) electrons. The molecule has 1 aliphatic heterocycles. The second kappa shape index (κ2) is 8.25. The fraction of sp³-hybridized carbons (Fsp3) is 0.227. The van der Waals surface area contributed by atoms with E-state index < -0.39 is 23.2 Å². The quantitative estimate of drug-likeness (QED) is 0.438. The van der Waals surface area contributed by atoms with E-state index in [1.54, 1.807) is 24.3 Å². The van der Waals surface area contributed by atoms with Crippen LogP contribution >= 0.6 is 11.6 Å². The number of aromatic amines is 1. The topological polar surface area (TPSA) is 115 Å². The lowest BCUT2D eigenvalue weighted by Crippen LogP contribution is -2.52. The van der Waals surface area contributed by atoms with Crippen molar-refractivity contribution in [2.75, 3.05) is 18.5 Å². The van der Waals surface area contributed by atoms with Gasteiger partial charge in [-0.3, -0.25) is 14.4 Å². The number of carbonyl (C=O) groups excluding carboxylic acids is 3. The molecule has 8 nitrogen and oxygen atoms in total. The molecule has 32 heavy (non-hydrogen) atoms. The molecule has 0 unspecified atom stereocenters. The molecule has 1 aliphatic rings. The summed E-state index contributed by atoms with van der Waals surface area (Å²) in [5.41, 5.74) is -0.261. The van der Waals surface area contributed by atoms with Gasteiger partial charge in [0, 0.05) is 48.2 Å². The highest BCUT2D eigenvalue weighted by molar-refractivity contribution is 6.30. The first kappa shape index (κ1) is 21.8. The molecule has 3 aromatic rings. The van der Waals surface area contributed by atoms with Gasteiger partial charge in [-0.1, -0.05) is 11.6 Å². The summed E-state index contributed by atoms with van der Waals surface area (Å²) in [5, 5.41) is 16.7. The lowest BCUT2D eigenvalue weighted by molar-refractivity contribution is -0.149. The molecule has 4 N–H and O–H groups in total. The number of aromatic nitrogens is 1. The molecule has 1 fully saturated rings. The third-order valence-electron chi connectivity index (χ3n) is 5.43. The number of nitrogens with zero attached hydrogens (tertiary/aromatic N) is 1. The number of H-pyrrole nitrogens is 1. The normalized spacial score (nSPS) is 18.2. The number of hydrogen-bond acceptors (Lipinski definition) is 4. The summed E-state index contributed by atoms with van der Waals surface area (Å²) in [7, 11) is 1.52. The number of carbonyl (C=O) groups is 3. The zero-order chi connectivity index (χ0) is 23.0. The Labute approximate surface area is 187 Å². The first-order valence-corrected chi connectivity index (χ1v) is 10.2. The highest BCUT2D eigenvalue weighted by Gasteiger charge is 2.51. The van der Waals surface area contributed by atoms with Crippen LogP contribution in [0.15, 0.2) is 42.5 Å². The summed E-state index contributed by atoms with van der Waals surface area (Å²) < 4.78 is 13.5. The third-order valence-corrected chi connectivity index (χ3v) is 5.65. The fourth-order valence-electron chi connectivity index (χ4n) is 3.75. The summed E-state index contributed by atoms with van der Waals surface area (Å²) in [6.07, 6.45) is -0.101. The van der Waals surface area contributed by atoms with Crippen LogP contribution in [0.5, 0.6) is 0 Å². The average Bonchev–Trinajstić information content (AvgIpc) is 3.32. The number of rotatable bonds is 5. The van der Waals surface area contributed by atoms with Crippen molar-refractivity contribution in [2.45, 2.75) is 18.6 Å². The van der Waals surface area contributed by atoms with E-state index in [4.69, 9.17) is 11.6 Å². The van der Waals surface area contributed by atoms with Crippen LogP contribution in [0.4, 0.5) is 10.1 Å². The molecule has 0 saturated carbocycles. The number of hydrogen-bond donors (Lipinski definition) is 4. The largest absolute Gasteiger partial charge is 0.372 e. The molecule has 4 rings (SSSR count). The molecular formula is C22H20ClFN4O4. The number of aliphatic hydroxyl groups is 1. The van der Waals surface area contributed by atoms with Crippen molar-refractivity contribution in [3.05, 3.63) is 64.6 Å². The van der Waals surface area contributed by atoms with Crippen LogP contribution in [0.2, 0.25) is 5.02 Å². The Kier molecular flexibility index (Phi) is 5.62. The van der Waals surface area contributed by atoms with Crippen molar-refractivity contribution in [3.8, 4) is 0 Å². The van der Waals surface area contributed by atoms with Crippen molar-refractivity contribution >= 4 is 45.9 Å². The van der Waals surface area contributed by atoms with Crippen molar-refractivity contribution in [3.63, 3.8) is 0 Å². The van der Waals surface area contributed by atoms with E-state index in [-0.39, 0.29) is 30.4 Å². The van der Waals surface area contributed by atoms with Crippen molar-refractivity contribution in [1.82, 2.24) is 15.6 Å². The Balaban J connectivity index is 1.50. The minimum atomic E-state index is -2.24. The SMILES string of the molecule is CNC(=O)c1cc2cc(N3CC[C@](O)(C(=O)NCc4cc(F)cc(Cl)c4)C3=O)ccc2[nH]1. The maximum absolute atomic E-state index is 13.5. The van der Waals surface area contributed by atoms with Gasteiger partial charge in [-0.25, -0.2) is 4.39 Å². The van der Waals surface area contributed by atoms with E-state index in [1.165, 1.54) is 24.1 Å². The van der Waals surface area contributed by atoms with Crippen LogP contribution < -0.4 is 15.5 Å². The van der Waals surface area contributed by atoms with Crippen LogP contribution in [0.1, 0.15) is 22.5 Å². The molecule has 0 aliphatic carbocycles. The Morgan fingerprint density at radius 1 is 1.25 bits per heavy atom. The first-order chi connectivity index (χ1) is 15.2. The maximum Gasteiger partial charge on any atom is 0.268 e. The molecule has 1 saturated heterocycles. The van der Waals surface area contributed by atoms with Gasteiger partial charge in [0.15, 0.2) is 0 Å². The minimum Gasteiger partial charge on any atom is -0.372 e. The van der Waals surface area contributed by atoms with Crippen LogP contribution in [0.3, 0.4) is 0 Å². The van der Waals surface area contributed by atoms with E-state index in [2.05, 4.69) is 15.6 Å². The smallest absolute Gasteiger partial charge is 0.268 e. The van der Waals surface area contributed by atoms with Gasteiger partial charge in [-0.2, -0.15) is 0 Å². The lowest BCUT2D eigenvalue weighted by Gasteiger charge is -2.22. The van der Waals surface area contributed by atoms with Crippen LogP contribution in [0, 0.1) is 5.82 Å². The predicted molar refractivity (Wildman–Crippen MR) is 117 cm³/mol. The van der Waals surface area contributed by atoms with Gasteiger partial charge in [0.2, 0.25) is 5.60 Å². The Hall–Kier alpha value is -3.43. The molecule has 0 spiro atoms. The number of nitrogens with one attached hydrogen (secondary N) is 3. The molecule has 3 amide bonds. The second-order valence-electron chi connectivity index (χ2n) is 7.56. The zero-order valence-corrected chi connectivity index (χ0v) is 17.8. The average molecular weight is 459 g/mol. The van der Waals surface area contributed by atoms with Gasteiger partial charge in [-0.15, -0.1) is 0 Å². The summed E-state index contributed by atoms with van der Waals surface area (Å²) in [6.45, 7) is 0.0380. The fourth-order valence-corrected chi connectivity index (χ4v) is 3.99. The number of amides is 3. The number of benzene rings is 2. The van der Waals surface area contributed by atoms with Crippen molar-refractivity contribution in [2.24, 2.45) is 0 Å². The van der Waals surface area contributed by atoms with Crippen LogP contribution in [-0.2, 0) is 16.1 Å². The Morgan fingerprint density at radius 3 is 2.75 bits per heavy atom. The molecule has 1 atom stereocenters. The summed E-state index contributed by atoms with van der Waals surface area (Å²) in [5.74, 6) is -2.45. The van der Waals surface area contributed by atoms with Crippen LogP contribution in [-0.4, -0.2) is 47.0 Å². The molecule has 2 heterocycles. The number of fused-ring (bicyclic) bond motifs is 1. The first-order valence-electron chi connectivity index (χ1n) is 9.84. The van der Waals surface area contributed by atoms with E-state index >= 15 is 0 Å². The Bertz CT molecular complexity index is 1220.